The molecule has 0 atom stereocenters. The van der Waals surface area contributed by atoms with Gasteiger partial charge in [-0.15, -0.1) is 22.7 Å². The van der Waals surface area contributed by atoms with Crippen LogP contribution in [0.5, 0.6) is 5.75 Å². The molecular formula is C17H12F3N3O3S2. The van der Waals surface area contributed by atoms with E-state index < -0.39 is 30.2 Å². The van der Waals surface area contributed by atoms with Crippen LogP contribution < -0.4 is 15.6 Å². The standard InChI is InChI=1S/C17H12F3N3O3S2/c18-17(19,20)10-3-1-4-11(7-10)26-8-14(24)22-23-15(25)12-9-28-16(21-12)13-5-2-6-27-13/h1-7,9H,8H2,(H,22,24)(H,23,25). The maximum Gasteiger partial charge on any atom is 0.416 e. The monoisotopic (exact) mass is 427 g/mol. The number of nitrogens with zero attached hydrogens (tertiary/aromatic N) is 1. The van der Waals surface area contributed by atoms with Crippen LogP contribution in [-0.2, 0) is 11.0 Å². The second-order valence-corrected chi connectivity index (χ2v) is 7.14. The summed E-state index contributed by atoms with van der Waals surface area (Å²) >= 11 is 2.78. The van der Waals surface area contributed by atoms with Gasteiger partial charge in [-0.25, -0.2) is 4.98 Å². The van der Waals surface area contributed by atoms with Gasteiger partial charge in [0.2, 0.25) is 0 Å². The smallest absolute Gasteiger partial charge is 0.416 e. The summed E-state index contributed by atoms with van der Waals surface area (Å²) in [4.78, 5) is 28.9. The lowest BCUT2D eigenvalue weighted by Gasteiger charge is -2.10. The van der Waals surface area contributed by atoms with E-state index in [9.17, 15) is 22.8 Å². The quantitative estimate of drug-likeness (QED) is 0.608. The van der Waals surface area contributed by atoms with Crippen molar-refractivity contribution in [2.24, 2.45) is 0 Å². The number of ether oxygens (including phenoxy) is 1. The fourth-order valence-corrected chi connectivity index (χ4v) is 3.64. The molecule has 0 saturated carbocycles. The van der Waals surface area contributed by atoms with Gasteiger partial charge in [-0.3, -0.25) is 20.4 Å². The van der Waals surface area contributed by atoms with E-state index in [1.807, 2.05) is 17.5 Å². The van der Waals surface area contributed by atoms with Gasteiger partial charge in [-0.2, -0.15) is 13.2 Å². The highest BCUT2D eigenvalue weighted by Gasteiger charge is 2.30. The Morgan fingerprint density at radius 2 is 1.93 bits per heavy atom. The molecule has 28 heavy (non-hydrogen) atoms. The van der Waals surface area contributed by atoms with Gasteiger partial charge in [-0.1, -0.05) is 12.1 Å². The Hall–Kier alpha value is -2.92. The molecule has 0 aliphatic rings. The summed E-state index contributed by atoms with van der Waals surface area (Å²) in [5.74, 6) is -1.47. The van der Waals surface area contributed by atoms with Gasteiger partial charge >= 0.3 is 6.18 Å². The number of benzene rings is 1. The summed E-state index contributed by atoms with van der Waals surface area (Å²) in [7, 11) is 0. The molecule has 146 valence electrons. The number of hydrazine groups is 1. The lowest BCUT2D eigenvalue weighted by Crippen LogP contribution is -2.43. The third-order valence-corrected chi connectivity index (χ3v) is 5.20. The Morgan fingerprint density at radius 1 is 1.11 bits per heavy atom. The second-order valence-electron chi connectivity index (χ2n) is 5.33. The van der Waals surface area contributed by atoms with E-state index in [1.165, 1.54) is 34.8 Å². The van der Waals surface area contributed by atoms with E-state index in [2.05, 4.69) is 15.8 Å². The van der Waals surface area contributed by atoms with Crippen molar-refractivity contribution in [3.05, 3.63) is 58.4 Å². The molecule has 2 aromatic heterocycles. The maximum atomic E-state index is 12.6. The highest BCUT2D eigenvalue weighted by molar-refractivity contribution is 7.20. The van der Waals surface area contributed by atoms with Gasteiger partial charge in [0.05, 0.1) is 10.4 Å². The van der Waals surface area contributed by atoms with Crippen LogP contribution in [-0.4, -0.2) is 23.4 Å². The Kier molecular flexibility index (Phi) is 5.95. The molecule has 2 N–H and O–H groups in total. The number of thiophene rings is 1. The van der Waals surface area contributed by atoms with Crippen LogP contribution in [0.3, 0.4) is 0 Å². The van der Waals surface area contributed by atoms with E-state index in [1.54, 1.807) is 5.38 Å². The number of amides is 2. The van der Waals surface area contributed by atoms with Crippen molar-refractivity contribution >= 4 is 34.5 Å². The summed E-state index contributed by atoms with van der Waals surface area (Å²) in [6, 6.07) is 7.89. The molecule has 0 radical (unpaired) electrons. The zero-order chi connectivity index (χ0) is 20.1. The van der Waals surface area contributed by atoms with Crippen LogP contribution in [0.1, 0.15) is 16.1 Å². The normalized spacial score (nSPS) is 11.1. The molecule has 0 saturated heterocycles. The number of rotatable bonds is 5. The zero-order valence-electron chi connectivity index (χ0n) is 13.9. The van der Waals surface area contributed by atoms with Gasteiger partial charge in [-0.05, 0) is 29.6 Å². The minimum atomic E-state index is -4.51. The number of hydrogen-bond donors (Lipinski definition) is 2. The molecule has 3 rings (SSSR count). The highest BCUT2D eigenvalue weighted by Crippen LogP contribution is 2.31. The molecule has 0 aliphatic carbocycles. The Balaban J connectivity index is 1.49. The maximum absolute atomic E-state index is 12.6. The molecule has 0 bridgehead atoms. The van der Waals surface area contributed by atoms with Crippen LogP contribution in [0.25, 0.3) is 9.88 Å². The minimum Gasteiger partial charge on any atom is -0.484 e. The first kappa shape index (κ1) is 19.8. The van der Waals surface area contributed by atoms with Gasteiger partial charge in [0.25, 0.3) is 11.8 Å². The number of nitrogens with one attached hydrogen (secondary N) is 2. The number of thiazole rings is 1. The largest absolute Gasteiger partial charge is 0.484 e. The molecule has 0 spiro atoms. The van der Waals surface area contributed by atoms with Crippen LogP contribution in [0.4, 0.5) is 13.2 Å². The molecule has 11 heteroatoms. The van der Waals surface area contributed by atoms with Crippen LogP contribution in [0.15, 0.2) is 47.2 Å². The minimum absolute atomic E-state index is 0.114. The number of carbonyl (C=O) groups is 2. The van der Waals surface area contributed by atoms with E-state index in [-0.39, 0.29) is 11.4 Å². The van der Waals surface area contributed by atoms with Crippen molar-refractivity contribution in [1.82, 2.24) is 15.8 Å². The second kappa shape index (κ2) is 8.40. The van der Waals surface area contributed by atoms with Gasteiger partial charge < -0.3 is 4.74 Å². The number of carbonyl (C=O) groups excluding carboxylic acids is 2. The van der Waals surface area contributed by atoms with Gasteiger partial charge in [0, 0.05) is 5.38 Å². The van der Waals surface area contributed by atoms with E-state index in [0.29, 0.717) is 5.01 Å². The lowest BCUT2D eigenvalue weighted by molar-refractivity contribution is -0.137. The lowest BCUT2D eigenvalue weighted by atomic mass is 10.2. The van der Waals surface area contributed by atoms with E-state index >= 15 is 0 Å². The molecule has 0 fully saturated rings. The molecule has 2 heterocycles. The third kappa shape index (κ3) is 5.08. The first-order valence-electron chi connectivity index (χ1n) is 7.71. The highest BCUT2D eigenvalue weighted by atomic mass is 32.1. The first-order valence-corrected chi connectivity index (χ1v) is 9.47. The molecule has 3 aromatic rings. The topological polar surface area (TPSA) is 80.3 Å². The molecule has 6 nitrogen and oxygen atoms in total. The molecule has 0 unspecified atom stereocenters. The fraction of sp³-hybridized carbons (Fsp3) is 0.118. The number of halogens is 3. The van der Waals surface area contributed by atoms with Crippen molar-refractivity contribution in [3.63, 3.8) is 0 Å². The Labute approximate surface area is 165 Å². The van der Waals surface area contributed by atoms with Crippen molar-refractivity contribution in [2.75, 3.05) is 6.61 Å². The van der Waals surface area contributed by atoms with E-state index in [4.69, 9.17) is 4.74 Å². The predicted molar refractivity (Wildman–Crippen MR) is 98.0 cm³/mol. The van der Waals surface area contributed by atoms with Gasteiger partial charge in [0.1, 0.15) is 16.5 Å². The third-order valence-electron chi connectivity index (χ3n) is 3.32. The van der Waals surface area contributed by atoms with Crippen molar-refractivity contribution in [2.45, 2.75) is 6.18 Å². The van der Waals surface area contributed by atoms with Crippen molar-refractivity contribution in [1.29, 1.82) is 0 Å². The van der Waals surface area contributed by atoms with Crippen LogP contribution in [0, 0.1) is 0 Å². The predicted octanol–water partition coefficient (Wildman–Crippen LogP) is 3.73. The average Bonchev–Trinajstić information content (AvgIpc) is 3.35. The van der Waals surface area contributed by atoms with Crippen LogP contribution in [0.2, 0.25) is 0 Å². The molecule has 2 amide bonds. The summed E-state index contributed by atoms with van der Waals surface area (Å²) in [6.45, 7) is -0.570. The number of alkyl halides is 3. The number of hydrogen-bond acceptors (Lipinski definition) is 6. The SMILES string of the molecule is O=C(COc1cccc(C(F)(F)F)c1)NNC(=O)c1csc(-c2cccs2)n1. The Morgan fingerprint density at radius 3 is 2.64 bits per heavy atom. The first-order chi connectivity index (χ1) is 13.3. The molecule has 0 aliphatic heterocycles. The summed E-state index contributed by atoms with van der Waals surface area (Å²) < 4.78 is 42.9. The van der Waals surface area contributed by atoms with Gasteiger partial charge in [0.15, 0.2) is 6.61 Å². The number of aromatic nitrogens is 1. The summed E-state index contributed by atoms with van der Waals surface area (Å²) in [5.41, 5.74) is 3.55. The van der Waals surface area contributed by atoms with Crippen molar-refractivity contribution in [3.8, 4) is 15.6 Å². The Bertz CT molecular complexity index is 971. The molecular weight excluding hydrogens is 415 g/mol. The fourth-order valence-electron chi connectivity index (χ4n) is 2.03. The van der Waals surface area contributed by atoms with E-state index in [0.717, 1.165) is 17.0 Å². The summed E-state index contributed by atoms with van der Waals surface area (Å²) in [6.07, 6.45) is -4.51. The molecule has 1 aromatic carbocycles. The van der Waals surface area contributed by atoms with Crippen LogP contribution >= 0.6 is 22.7 Å². The summed E-state index contributed by atoms with van der Waals surface area (Å²) in [5, 5.41) is 4.12. The van der Waals surface area contributed by atoms with Crippen molar-refractivity contribution < 1.29 is 27.5 Å². The average molecular weight is 427 g/mol. The zero-order valence-corrected chi connectivity index (χ0v) is 15.6.